The molecule has 8 nitrogen and oxygen atoms in total. The molecule has 1 heterocycles. The number of carbonyl (C=O) groups is 4. The van der Waals surface area contributed by atoms with Gasteiger partial charge >= 0.3 is 12.0 Å². The molecule has 0 saturated heterocycles. The van der Waals surface area contributed by atoms with Gasteiger partial charge in [0.2, 0.25) is 0 Å². The second-order valence-electron chi connectivity index (χ2n) is 7.31. The van der Waals surface area contributed by atoms with E-state index in [1.807, 2.05) is 43.3 Å². The molecule has 1 aliphatic heterocycles. The number of ketones is 1. The molecule has 8 heteroatoms. The smallest absolute Gasteiger partial charge is 0.316 e. The molecule has 31 heavy (non-hydrogen) atoms. The van der Waals surface area contributed by atoms with E-state index in [2.05, 4.69) is 10.6 Å². The number of hydrogen-bond acceptors (Lipinski definition) is 4. The summed E-state index contributed by atoms with van der Waals surface area (Å²) in [5.41, 5.74) is 3.54. The summed E-state index contributed by atoms with van der Waals surface area (Å²) >= 11 is 0. The van der Waals surface area contributed by atoms with Crippen molar-refractivity contribution in [2.75, 3.05) is 7.05 Å². The van der Waals surface area contributed by atoms with Crippen molar-refractivity contribution in [3.63, 3.8) is 0 Å². The Morgan fingerprint density at radius 3 is 2.58 bits per heavy atom. The van der Waals surface area contributed by atoms with Crippen molar-refractivity contribution in [1.29, 1.82) is 0 Å². The molecule has 160 valence electrons. The average molecular weight is 421 g/mol. The van der Waals surface area contributed by atoms with Gasteiger partial charge in [0.15, 0.2) is 11.8 Å². The van der Waals surface area contributed by atoms with Crippen molar-refractivity contribution in [2.45, 2.75) is 25.4 Å². The quantitative estimate of drug-likeness (QED) is 0.620. The zero-order valence-electron chi connectivity index (χ0n) is 17.2. The third-order valence-electron chi connectivity index (χ3n) is 5.05. The lowest BCUT2D eigenvalue weighted by atomic mass is 9.95. The maximum absolute atomic E-state index is 12.5. The molecule has 0 radical (unpaired) electrons. The number of carbonyl (C=O) groups excluding carboxylic acids is 3. The van der Waals surface area contributed by atoms with Crippen LogP contribution in [-0.4, -0.2) is 46.8 Å². The van der Waals surface area contributed by atoms with Gasteiger partial charge in [-0.15, -0.1) is 0 Å². The van der Waals surface area contributed by atoms with Gasteiger partial charge in [0.05, 0.1) is 12.5 Å². The Morgan fingerprint density at radius 2 is 1.87 bits per heavy atom. The maximum Gasteiger partial charge on any atom is 0.316 e. The van der Waals surface area contributed by atoms with Gasteiger partial charge in [-0.2, -0.15) is 0 Å². The Bertz CT molecular complexity index is 1060. The molecule has 1 aliphatic rings. The third-order valence-corrected chi connectivity index (χ3v) is 5.05. The molecule has 3 rings (SSSR count). The van der Waals surface area contributed by atoms with E-state index in [1.165, 1.54) is 24.2 Å². The fraction of sp³-hybridized carbons (Fsp3) is 0.217. The van der Waals surface area contributed by atoms with Gasteiger partial charge in [0.25, 0.3) is 5.91 Å². The first kappa shape index (κ1) is 21.8. The number of nitrogens with zero attached hydrogens (tertiary/aromatic N) is 1. The van der Waals surface area contributed by atoms with E-state index in [-0.39, 0.29) is 6.42 Å². The van der Waals surface area contributed by atoms with Gasteiger partial charge in [-0.3, -0.25) is 14.4 Å². The molecular formula is C23H23N3O5. The highest BCUT2D eigenvalue weighted by Crippen LogP contribution is 2.27. The minimum atomic E-state index is -1.35. The minimum Gasteiger partial charge on any atom is -0.481 e. The van der Waals surface area contributed by atoms with Crippen LogP contribution in [0.25, 0.3) is 11.1 Å². The van der Waals surface area contributed by atoms with Crippen molar-refractivity contribution < 1.29 is 24.3 Å². The Morgan fingerprint density at radius 1 is 1.13 bits per heavy atom. The van der Waals surface area contributed by atoms with Crippen LogP contribution in [-0.2, 0) is 14.4 Å². The van der Waals surface area contributed by atoms with Gasteiger partial charge in [-0.05, 0) is 35.2 Å². The standard InChI is InChI=1S/C23H23N3O5/c1-14-6-3-4-9-17(14)15-7-5-8-16(12-15)18(13-20(28)29)24-23(31)25-21-19(27)10-11-26(2)22(21)30/h3-12,18,21H,13H2,1-2H3,(H,28,29)(H2,24,25,31)/t18-,21?/m0/s1. The Hall–Kier alpha value is -3.94. The number of carboxylic acid groups (broad SMARTS) is 1. The monoisotopic (exact) mass is 421 g/mol. The zero-order valence-corrected chi connectivity index (χ0v) is 17.2. The van der Waals surface area contributed by atoms with Crippen LogP contribution in [0.4, 0.5) is 4.79 Å². The molecule has 3 N–H and O–H groups in total. The number of nitrogens with one attached hydrogen (secondary N) is 2. The van der Waals surface area contributed by atoms with E-state index in [1.54, 1.807) is 12.1 Å². The predicted molar refractivity (Wildman–Crippen MR) is 114 cm³/mol. The van der Waals surface area contributed by atoms with Gasteiger partial charge in [0, 0.05) is 19.3 Å². The predicted octanol–water partition coefficient (Wildman–Crippen LogP) is 2.40. The summed E-state index contributed by atoms with van der Waals surface area (Å²) in [6.45, 7) is 1.98. The molecule has 0 fully saturated rings. The molecular weight excluding hydrogens is 398 g/mol. The summed E-state index contributed by atoms with van der Waals surface area (Å²) < 4.78 is 0. The molecule has 1 unspecified atom stereocenters. The fourth-order valence-electron chi connectivity index (χ4n) is 3.39. The van der Waals surface area contributed by atoms with Crippen LogP contribution in [0.5, 0.6) is 0 Å². The van der Waals surface area contributed by atoms with Gasteiger partial charge in [-0.1, -0.05) is 42.5 Å². The van der Waals surface area contributed by atoms with Crippen LogP contribution in [0.15, 0.2) is 60.8 Å². The van der Waals surface area contributed by atoms with Crippen LogP contribution in [0.1, 0.15) is 23.6 Å². The van der Waals surface area contributed by atoms with Crippen LogP contribution >= 0.6 is 0 Å². The van der Waals surface area contributed by atoms with E-state index in [0.717, 1.165) is 16.7 Å². The molecule has 0 spiro atoms. The van der Waals surface area contributed by atoms with Crippen LogP contribution in [0.3, 0.4) is 0 Å². The SMILES string of the molecule is Cc1ccccc1-c1cccc([C@H](CC(=O)O)NC(=O)NC2C(=O)C=CN(C)C2=O)c1. The molecule has 0 bridgehead atoms. The number of hydrogen-bond donors (Lipinski definition) is 3. The van der Waals surface area contributed by atoms with E-state index in [9.17, 15) is 24.3 Å². The Labute approximate surface area is 179 Å². The molecule has 0 saturated carbocycles. The molecule has 3 amide bonds. The molecule has 0 aliphatic carbocycles. The van der Waals surface area contributed by atoms with Gasteiger partial charge in [0.1, 0.15) is 0 Å². The van der Waals surface area contributed by atoms with Crippen LogP contribution in [0, 0.1) is 6.92 Å². The third kappa shape index (κ3) is 5.16. The summed E-state index contributed by atoms with van der Waals surface area (Å²) in [4.78, 5) is 49.3. The van der Waals surface area contributed by atoms with Gasteiger partial charge in [-0.25, -0.2) is 4.79 Å². The lowest BCUT2D eigenvalue weighted by Gasteiger charge is -2.25. The number of benzene rings is 2. The zero-order chi connectivity index (χ0) is 22.5. The minimum absolute atomic E-state index is 0.364. The Kier molecular flexibility index (Phi) is 6.49. The molecule has 0 aromatic heterocycles. The largest absolute Gasteiger partial charge is 0.481 e. The average Bonchev–Trinajstić information content (AvgIpc) is 2.73. The number of amides is 3. The number of aliphatic carboxylic acids is 1. The highest BCUT2D eigenvalue weighted by molar-refractivity contribution is 6.14. The first-order chi connectivity index (χ1) is 14.8. The highest BCUT2D eigenvalue weighted by Gasteiger charge is 2.32. The van der Waals surface area contributed by atoms with Crippen molar-refractivity contribution in [3.8, 4) is 11.1 Å². The lowest BCUT2D eigenvalue weighted by Crippen LogP contribution is -2.55. The highest BCUT2D eigenvalue weighted by atomic mass is 16.4. The van der Waals surface area contributed by atoms with E-state index < -0.39 is 35.8 Å². The lowest BCUT2D eigenvalue weighted by molar-refractivity contribution is -0.138. The summed E-state index contributed by atoms with van der Waals surface area (Å²) in [7, 11) is 1.47. The Balaban J connectivity index is 1.82. The number of aryl methyl sites for hydroxylation is 1. The van der Waals surface area contributed by atoms with E-state index in [4.69, 9.17) is 0 Å². The summed E-state index contributed by atoms with van der Waals surface area (Å²) in [5, 5.41) is 14.3. The van der Waals surface area contributed by atoms with E-state index in [0.29, 0.717) is 5.56 Å². The number of likely N-dealkylation sites (N-methyl/N-ethyl adjacent to an activating group) is 1. The fourth-order valence-corrected chi connectivity index (χ4v) is 3.39. The molecule has 2 aromatic carbocycles. The summed E-state index contributed by atoms with van der Waals surface area (Å²) in [6, 6.07) is 12.0. The summed E-state index contributed by atoms with van der Waals surface area (Å²) in [6.07, 6.45) is 2.16. The van der Waals surface area contributed by atoms with Crippen LogP contribution < -0.4 is 10.6 Å². The molecule has 2 atom stereocenters. The van der Waals surface area contributed by atoms with Crippen molar-refractivity contribution in [3.05, 3.63) is 71.9 Å². The number of rotatable bonds is 6. The number of urea groups is 1. The second kappa shape index (κ2) is 9.25. The first-order valence-electron chi connectivity index (χ1n) is 9.70. The first-order valence-corrected chi connectivity index (χ1v) is 9.70. The second-order valence-corrected chi connectivity index (χ2v) is 7.31. The van der Waals surface area contributed by atoms with Crippen molar-refractivity contribution in [2.24, 2.45) is 0 Å². The summed E-state index contributed by atoms with van der Waals surface area (Å²) in [5.74, 6) is -2.22. The maximum atomic E-state index is 12.5. The van der Waals surface area contributed by atoms with Crippen molar-refractivity contribution >= 4 is 23.7 Å². The topological polar surface area (TPSA) is 116 Å². The van der Waals surface area contributed by atoms with Gasteiger partial charge < -0.3 is 20.6 Å². The normalized spacial score (nSPS) is 16.7. The van der Waals surface area contributed by atoms with E-state index >= 15 is 0 Å². The van der Waals surface area contributed by atoms with Crippen LogP contribution in [0.2, 0.25) is 0 Å². The number of carboxylic acids is 1. The van der Waals surface area contributed by atoms with Crippen molar-refractivity contribution in [1.82, 2.24) is 15.5 Å². The molecule has 2 aromatic rings.